The van der Waals surface area contributed by atoms with Gasteiger partial charge < -0.3 is 24.7 Å². The van der Waals surface area contributed by atoms with Crippen LogP contribution in [0.25, 0.3) is 10.9 Å². The first-order chi connectivity index (χ1) is 11.1. The number of amides is 2. The van der Waals surface area contributed by atoms with Gasteiger partial charge in [0.1, 0.15) is 0 Å². The van der Waals surface area contributed by atoms with Gasteiger partial charge in [-0.05, 0) is 37.6 Å². The van der Waals surface area contributed by atoms with Gasteiger partial charge in [-0.2, -0.15) is 0 Å². The number of urea groups is 1. The molecule has 0 saturated carbocycles. The van der Waals surface area contributed by atoms with Gasteiger partial charge >= 0.3 is 6.03 Å². The summed E-state index contributed by atoms with van der Waals surface area (Å²) in [6.45, 7) is 4.73. The number of hydrogen-bond donors (Lipinski definition) is 2. The molecule has 0 radical (unpaired) electrons. The molecule has 124 valence electrons. The molecule has 23 heavy (non-hydrogen) atoms. The number of nitrogens with one attached hydrogen (secondary N) is 2. The number of methoxy groups -OCH3 is 1. The molecule has 1 aromatic heterocycles. The maximum atomic E-state index is 12.2. The molecule has 1 saturated heterocycles. The smallest absolute Gasteiger partial charge is 0.319 e. The molecule has 1 aliphatic heterocycles. The summed E-state index contributed by atoms with van der Waals surface area (Å²) >= 11 is 0. The number of nitrogens with zero attached hydrogens (tertiary/aromatic N) is 1. The van der Waals surface area contributed by atoms with Crippen molar-refractivity contribution in [2.45, 2.75) is 25.4 Å². The summed E-state index contributed by atoms with van der Waals surface area (Å²) in [5, 5.41) is 6.98. The summed E-state index contributed by atoms with van der Waals surface area (Å²) in [5.41, 5.74) is 1.63. The monoisotopic (exact) mass is 317 g/mol. The predicted octanol–water partition coefficient (Wildman–Crippen LogP) is 2.59. The Morgan fingerprint density at radius 2 is 2.30 bits per heavy atom. The van der Waals surface area contributed by atoms with Gasteiger partial charge in [0.25, 0.3) is 0 Å². The van der Waals surface area contributed by atoms with E-state index in [1.807, 2.05) is 37.4 Å². The molecule has 1 aromatic carbocycles. The SMILES string of the molecule is COCCn1ccc2cc(NC(=O)NC3(C)CCOC3)ccc21. The van der Waals surface area contributed by atoms with Crippen LogP contribution in [0.3, 0.4) is 0 Å². The second kappa shape index (κ2) is 6.60. The Labute approximate surface area is 135 Å². The molecule has 6 nitrogen and oxygen atoms in total. The number of fused-ring (bicyclic) bond motifs is 1. The van der Waals surface area contributed by atoms with E-state index in [-0.39, 0.29) is 11.6 Å². The Hall–Kier alpha value is -2.05. The molecule has 2 amide bonds. The Kier molecular flexibility index (Phi) is 4.54. The maximum Gasteiger partial charge on any atom is 0.319 e. The van der Waals surface area contributed by atoms with Crippen LogP contribution in [0, 0.1) is 0 Å². The number of benzene rings is 1. The van der Waals surface area contributed by atoms with Crippen LogP contribution in [0.5, 0.6) is 0 Å². The van der Waals surface area contributed by atoms with Crippen LogP contribution in [0.15, 0.2) is 30.5 Å². The van der Waals surface area contributed by atoms with Crippen LogP contribution >= 0.6 is 0 Å². The third-order valence-electron chi connectivity index (χ3n) is 4.20. The zero-order valence-electron chi connectivity index (χ0n) is 13.6. The third-order valence-corrected chi connectivity index (χ3v) is 4.20. The van der Waals surface area contributed by atoms with Crippen molar-refractivity contribution in [1.29, 1.82) is 0 Å². The number of hydrogen-bond acceptors (Lipinski definition) is 3. The average molecular weight is 317 g/mol. The van der Waals surface area contributed by atoms with Gasteiger partial charge in [-0.3, -0.25) is 0 Å². The lowest BCUT2D eigenvalue weighted by Gasteiger charge is -2.23. The second-order valence-corrected chi connectivity index (χ2v) is 6.22. The van der Waals surface area contributed by atoms with E-state index < -0.39 is 0 Å². The number of carbonyl (C=O) groups is 1. The van der Waals surface area contributed by atoms with Crippen LogP contribution in [0.1, 0.15) is 13.3 Å². The number of aromatic nitrogens is 1. The molecule has 1 aliphatic rings. The maximum absolute atomic E-state index is 12.2. The largest absolute Gasteiger partial charge is 0.383 e. The normalized spacial score (nSPS) is 20.8. The van der Waals surface area contributed by atoms with E-state index in [0.29, 0.717) is 19.8 Å². The van der Waals surface area contributed by atoms with E-state index in [1.165, 1.54) is 0 Å². The van der Waals surface area contributed by atoms with E-state index >= 15 is 0 Å². The van der Waals surface area contributed by atoms with Crippen molar-refractivity contribution < 1.29 is 14.3 Å². The summed E-state index contributed by atoms with van der Waals surface area (Å²) < 4.78 is 12.6. The van der Waals surface area contributed by atoms with Crippen LogP contribution in [-0.4, -0.2) is 43.1 Å². The van der Waals surface area contributed by atoms with Gasteiger partial charge in [-0.15, -0.1) is 0 Å². The molecular weight excluding hydrogens is 294 g/mol. The molecular formula is C17H23N3O3. The molecule has 1 fully saturated rings. The standard InChI is InChI=1S/C17H23N3O3/c1-17(6-9-23-12-17)19-16(21)18-14-3-4-15-13(11-14)5-7-20(15)8-10-22-2/h3-5,7,11H,6,8-10,12H2,1-2H3,(H2,18,19,21). The Bertz CT molecular complexity index is 689. The fraction of sp³-hybridized carbons (Fsp3) is 0.471. The summed E-state index contributed by atoms with van der Waals surface area (Å²) in [4.78, 5) is 12.2. The number of rotatable bonds is 5. The molecule has 0 spiro atoms. The van der Waals surface area contributed by atoms with Crippen molar-refractivity contribution in [3.63, 3.8) is 0 Å². The topological polar surface area (TPSA) is 64.5 Å². The van der Waals surface area contributed by atoms with Crippen LogP contribution in [0.2, 0.25) is 0 Å². The molecule has 0 aliphatic carbocycles. The number of anilines is 1. The first-order valence-electron chi connectivity index (χ1n) is 7.84. The minimum absolute atomic E-state index is 0.198. The van der Waals surface area contributed by atoms with E-state index in [2.05, 4.69) is 15.2 Å². The highest BCUT2D eigenvalue weighted by Crippen LogP contribution is 2.21. The van der Waals surface area contributed by atoms with E-state index in [4.69, 9.17) is 9.47 Å². The van der Waals surface area contributed by atoms with Crippen molar-refractivity contribution >= 4 is 22.6 Å². The molecule has 1 unspecified atom stereocenters. The van der Waals surface area contributed by atoms with Crippen molar-refractivity contribution in [1.82, 2.24) is 9.88 Å². The van der Waals surface area contributed by atoms with Crippen molar-refractivity contribution in [3.8, 4) is 0 Å². The lowest BCUT2D eigenvalue weighted by atomic mass is 10.0. The summed E-state index contributed by atoms with van der Waals surface area (Å²) in [5.74, 6) is 0. The molecule has 1 atom stereocenters. The van der Waals surface area contributed by atoms with Gasteiger partial charge in [0, 0.05) is 43.0 Å². The van der Waals surface area contributed by atoms with Crippen molar-refractivity contribution in [2.24, 2.45) is 0 Å². The average Bonchev–Trinajstić information content (AvgIpc) is 3.11. The zero-order valence-corrected chi connectivity index (χ0v) is 13.6. The van der Waals surface area contributed by atoms with E-state index in [1.54, 1.807) is 7.11 Å². The van der Waals surface area contributed by atoms with Gasteiger partial charge in [0.05, 0.1) is 18.8 Å². The highest BCUT2D eigenvalue weighted by Gasteiger charge is 2.31. The Morgan fingerprint density at radius 3 is 3.04 bits per heavy atom. The lowest BCUT2D eigenvalue weighted by molar-refractivity contribution is 0.172. The molecule has 3 rings (SSSR count). The van der Waals surface area contributed by atoms with E-state index in [9.17, 15) is 4.79 Å². The summed E-state index contributed by atoms with van der Waals surface area (Å²) in [7, 11) is 1.70. The first-order valence-corrected chi connectivity index (χ1v) is 7.84. The fourth-order valence-corrected chi connectivity index (χ4v) is 2.86. The Morgan fingerprint density at radius 1 is 1.43 bits per heavy atom. The molecule has 6 heteroatoms. The van der Waals surface area contributed by atoms with Crippen molar-refractivity contribution in [2.75, 3.05) is 32.2 Å². The van der Waals surface area contributed by atoms with Crippen molar-refractivity contribution in [3.05, 3.63) is 30.5 Å². The lowest BCUT2D eigenvalue weighted by Crippen LogP contribution is -2.48. The van der Waals surface area contributed by atoms with Gasteiger partial charge in [-0.1, -0.05) is 0 Å². The zero-order chi connectivity index (χ0) is 16.3. The highest BCUT2D eigenvalue weighted by atomic mass is 16.5. The minimum atomic E-state index is -0.280. The molecule has 2 aromatic rings. The number of ether oxygens (including phenoxy) is 2. The summed E-state index contributed by atoms with van der Waals surface area (Å²) in [6.07, 6.45) is 2.87. The molecule has 2 heterocycles. The molecule has 2 N–H and O–H groups in total. The van der Waals surface area contributed by atoms with Gasteiger partial charge in [0.15, 0.2) is 0 Å². The molecule has 0 bridgehead atoms. The quantitative estimate of drug-likeness (QED) is 0.891. The second-order valence-electron chi connectivity index (χ2n) is 6.22. The fourth-order valence-electron chi connectivity index (χ4n) is 2.86. The first kappa shape index (κ1) is 15.8. The van der Waals surface area contributed by atoms with Crippen LogP contribution in [-0.2, 0) is 16.0 Å². The van der Waals surface area contributed by atoms with Gasteiger partial charge in [-0.25, -0.2) is 4.79 Å². The van der Waals surface area contributed by atoms with Crippen LogP contribution in [0.4, 0.5) is 10.5 Å². The Balaban J connectivity index is 1.67. The number of carbonyl (C=O) groups excluding carboxylic acids is 1. The summed E-state index contributed by atoms with van der Waals surface area (Å²) in [6, 6.07) is 7.75. The minimum Gasteiger partial charge on any atom is -0.383 e. The predicted molar refractivity (Wildman–Crippen MR) is 89.8 cm³/mol. The van der Waals surface area contributed by atoms with Gasteiger partial charge in [0.2, 0.25) is 0 Å². The van der Waals surface area contributed by atoms with Crippen LogP contribution < -0.4 is 10.6 Å². The third kappa shape index (κ3) is 3.65. The highest BCUT2D eigenvalue weighted by molar-refractivity contribution is 5.93. The van der Waals surface area contributed by atoms with E-state index in [0.717, 1.165) is 29.6 Å².